The average molecular weight is 297 g/mol. The normalized spacial score (nSPS) is 30.0. The zero-order valence-electron chi connectivity index (χ0n) is 13.3. The number of likely N-dealkylation sites (N-methyl/N-ethyl adjacent to an activating group) is 1. The summed E-state index contributed by atoms with van der Waals surface area (Å²) in [6.45, 7) is 6.43. The summed E-state index contributed by atoms with van der Waals surface area (Å²) in [7, 11) is 2.07. The zero-order valence-corrected chi connectivity index (χ0v) is 13.3. The van der Waals surface area contributed by atoms with E-state index in [1.54, 1.807) is 0 Å². The van der Waals surface area contributed by atoms with Gasteiger partial charge in [0, 0.05) is 31.2 Å². The number of hydrogen-bond donors (Lipinski definition) is 2. The highest BCUT2D eigenvalue weighted by molar-refractivity contribution is 5.77. The molecule has 0 aromatic rings. The molecule has 0 radical (unpaired) electrons. The number of aliphatic carboxylic acids is 1. The Morgan fingerprint density at radius 2 is 1.86 bits per heavy atom. The first-order valence-electron chi connectivity index (χ1n) is 7.81. The van der Waals surface area contributed by atoms with E-state index in [9.17, 15) is 14.7 Å². The Balaban J connectivity index is 1.96. The fourth-order valence-electron chi connectivity index (χ4n) is 3.26. The van der Waals surface area contributed by atoms with E-state index in [4.69, 9.17) is 0 Å². The van der Waals surface area contributed by atoms with E-state index in [-0.39, 0.29) is 17.6 Å². The van der Waals surface area contributed by atoms with Gasteiger partial charge >= 0.3 is 12.0 Å². The highest BCUT2D eigenvalue weighted by atomic mass is 16.4. The summed E-state index contributed by atoms with van der Waals surface area (Å²) >= 11 is 0. The third-order valence-electron chi connectivity index (χ3n) is 5.00. The quantitative estimate of drug-likeness (QED) is 0.807. The van der Waals surface area contributed by atoms with Crippen LogP contribution in [0.15, 0.2) is 0 Å². The molecule has 0 aromatic carbocycles. The van der Waals surface area contributed by atoms with E-state index in [1.807, 2.05) is 4.90 Å². The molecular formula is C15H27N3O3. The number of carbonyl (C=O) groups excluding carboxylic acids is 1. The third kappa shape index (κ3) is 3.67. The lowest BCUT2D eigenvalue weighted by Crippen LogP contribution is -2.61. The summed E-state index contributed by atoms with van der Waals surface area (Å²) in [5.74, 6) is -1.23. The van der Waals surface area contributed by atoms with E-state index < -0.39 is 11.9 Å². The summed E-state index contributed by atoms with van der Waals surface area (Å²) in [6, 6.07) is -0.346. The molecule has 2 N–H and O–H groups in total. The minimum atomic E-state index is -0.793. The number of carboxylic acid groups (broad SMARTS) is 1. The Morgan fingerprint density at radius 1 is 1.19 bits per heavy atom. The second kappa shape index (κ2) is 6.22. The van der Waals surface area contributed by atoms with Crippen molar-refractivity contribution in [2.24, 2.45) is 5.92 Å². The van der Waals surface area contributed by atoms with Crippen molar-refractivity contribution in [3.8, 4) is 0 Å². The lowest BCUT2D eigenvalue weighted by Gasteiger charge is -2.45. The van der Waals surface area contributed by atoms with Crippen molar-refractivity contribution in [3.05, 3.63) is 0 Å². The molecule has 120 valence electrons. The Kier molecular flexibility index (Phi) is 4.76. The van der Waals surface area contributed by atoms with Crippen LogP contribution in [0.2, 0.25) is 0 Å². The van der Waals surface area contributed by atoms with Crippen LogP contribution in [0.25, 0.3) is 0 Å². The molecule has 2 amide bonds. The number of carbonyl (C=O) groups is 2. The average Bonchev–Trinajstić information content (AvgIpc) is 2.42. The predicted molar refractivity (Wildman–Crippen MR) is 80.2 cm³/mol. The molecule has 2 atom stereocenters. The fourth-order valence-corrected chi connectivity index (χ4v) is 3.26. The summed E-state index contributed by atoms with van der Waals surface area (Å²) in [6.07, 6.45) is 3.35. The molecule has 1 saturated carbocycles. The van der Waals surface area contributed by atoms with Gasteiger partial charge in [-0.25, -0.2) is 4.79 Å². The first-order valence-corrected chi connectivity index (χ1v) is 7.81. The molecule has 21 heavy (non-hydrogen) atoms. The Labute approximate surface area is 126 Å². The maximum Gasteiger partial charge on any atom is 0.317 e. The van der Waals surface area contributed by atoms with Gasteiger partial charge in [0.15, 0.2) is 0 Å². The fraction of sp³-hybridized carbons (Fsp3) is 0.867. The highest BCUT2D eigenvalue weighted by Gasteiger charge is 2.36. The Morgan fingerprint density at radius 3 is 2.48 bits per heavy atom. The van der Waals surface area contributed by atoms with Crippen molar-refractivity contribution >= 4 is 12.0 Å². The number of nitrogens with zero attached hydrogens (tertiary/aromatic N) is 2. The molecule has 6 nitrogen and oxygen atoms in total. The van der Waals surface area contributed by atoms with Crippen LogP contribution < -0.4 is 5.32 Å². The maximum atomic E-state index is 12.4. The largest absolute Gasteiger partial charge is 0.481 e. The number of carboxylic acids is 1. The van der Waals surface area contributed by atoms with Crippen molar-refractivity contribution in [1.82, 2.24) is 15.1 Å². The molecule has 1 saturated heterocycles. The molecule has 2 aliphatic rings. The van der Waals surface area contributed by atoms with E-state index >= 15 is 0 Å². The van der Waals surface area contributed by atoms with Crippen LogP contribution in [0.5, 0.6) is 0 Å². The van der Waals surface area contributed by atoms with Gasteiger partial charge in [0.05, 0.1) is 5.92 Å². The monoisotopic (exact) mass is 297 g/mol. The van der Waals surface area contributed by atoms with E-state index in [2.05, 4.69) is 31.1 Å². The van der Waals surface area contributed by atoms with Crippen molar-refractivity contribution in [2.45, 2.75) is 51.1 Å². The van der Waals surface area contributed by atoms with Crippen LogP contribution in [0.3, 0.4) is 0 Å². The van der Waals surface area contributed by atoms with Gasteiger partial charge in [0.1, 0.15) is 0 Å². The number of rotatable bonds is 2. The van der Waals surface area contributed by atoms with Crippen molar-refractivity contribution < 1.29 is 14.7 Å². The Bertz CT molecular complexity index is 411. The van der Waals surface area contributed by atoms with Crippen LogP contribution >= 0.6 is 0 Å². The maximum absolute atomic E-state index is 12.4. The highest BCUT2D eigenvalue weighted by Crippen LogP contribution is 2.25. The predicted octanol–water partition coefficient (Wildman–Crippen LogP) is 1.37. The van der Waals surface area contributed by atoms with E-state index in [0.29, 0.717) is 19.5 Å². The molecule has 2 fully saturated rings. The van der Waals surface area contributed by atoms with Crippen molar-refractivity contribution in [2.75, 3.05) is 26.7 Å². The van der Waals surface area contributed by atoms with Crippen molar-refractivity contribution in [3.63, 3.8) is 0 Å². The van der Waals surface area contributed by atoms with Crippen LogP contribution in [0.1, 0.15) is 39.5 Å². The summed E-state index contributed by atoms with van der Waals surface area (Å²) in [5, 5.41) is 12.2. The molecule has 2 unspecified atom stereocenters. The van der Waals surface area contributed by atoms with Crippen LogP contribution in [0.4, 0.5) is 4.79 Å². The van der Waals surface area contributed by atoms with Gasteiger partial charge in [-0.1, -0.05) is 12.8 Å². The van der Waals surface area contributed by atoms with E-state index in [1.165, 1.54) is 0 Å². The first kappa shape index (κ1) is 16.1. The minimum Gasteiger partial charge on any atom is -0.481 e. The zero-order chi connectivity index (χ0) is 15.6. The number of amides is 2. The van der Waals surface area contributed by atoms with Gasteiger partial charge in [0.2, 0.25) is 0 Å². The topological polar surface area (TPSA) is 72.9 Å². The second-order valence-electron chi connectivity index (χ2n) is 6.94. The molecule has 1 aliphatic heterocycles. The molecule has 6 heteroatoms. The van der Waals surface area contributed by atoms with Gasteiger partial charge in [-0.15, -0.1) is 0 Å². The molecule has 2 rings (SSSR count). The van der Waals surface area contributed by atoms with Crippen LogP contribution in [0, 0.1) is 5.92 Å². The van der Waals surface area contributed by atoms with Crippen LogP contribution in [-0.2, 0) is 4.79 Å². The molecule has 0 bridgehead atoms. The smallest absolute Gasteiger partial charge is 0.317 e. The number of hydrogen-bond acceptors (Lipinski definition) is 3. The molecule has 1 aliphatic carbocycles. The lowest BCUT2D eigenvalue weighted by molar-refractivity contribution is -0.143. The SMILES string of the molecule is CN1CCN(C(=O)NC2CCCCC2C(=O)O)CC1(C)C. The lowest BCUT2D eigenvalue weighted by atomic mass is 9.84. The second-order valence-corrected chi connectivity index (χ2v) is 6.94. The van der Waals surface area contributed by atoms with Crippen molar-refractivity contribution in [1.29, 1.82) is 0 Å². The standard InChI is InChI=1S/C15H27N3O3/c1-15(2)10-18(9-8-17(15)3)14(21)16-12-7-5-4-6-11(12)13(19)20/h11-12H,4-10H2,1-3H3,(H,16,21)(H,19,20). The number of urea groups is 1. The van der Waals surface area contributed by atoms with Crippen LogP contribution in [-0.4, -0.2) is 65.2 Å². The summed E-state index contributed by atoms with van der Waals surface area (Å²) in [5.41, 5.74) is -0.0473. The molecule has 0 aromatic heterocycles. The summed E-state index contributed by atoms with van der Waals surface area (Å²) < 4.78 is 0. The minimum absolute atomic E-state index is 0.0473. The van der Waals surface area contributed by atoms with Gasteiger partial charge in [0.25, 0.3) is 0 Å². The van der Waals surface area contributed by atoms with E-state index in [0.717, 1.165) is 25.8 Å². The van der Waals surface area contributed by atoms with Gasteiger partial charge in [-0.2, -0.15) is 0 Å². The van der Waals surface area contributed by atoms with Gasteiger partial charge in [-0.3, -0.25) is 9.69 Å². The summed E-state index contributed by atoms with van der Waals surface area (Å²) in [4.78, 5) is 27.8. The number of piperazine rings is 1. The molecule has 0 spiro atoms. The third-order valence-corrected chi connectivity index (χ3v) is 5.00. The first-order chi connectivity index (χ1) is 9.81. The Hall–Kier alpha value is -1.30. The molecule has 1 heterocycles. The van der Waals surface area contributed by atoms with Gasteiger partial charge in [-0.05, 0) is 33.7 Å². The van der Waals surface area contributed by atoms with Gasteiger partial charge < -0.3 is 15.3 Å². The number of nitrogens with one attached hydrogen (secondary N) is 1. The molecular weight excluding hydrogens is 270 g/mol.